The van der Waals surface area contributed by atoms with E-state index in [1.807, 2.05) is 28.8 Å². The maximum absolute atomic E-state index is 9.45. The van der Waals surface area contributed by atoms with Crippen molar-refractivity contribution >= 4 is 17.4 Å². The Labute approximate surface area is 130 Å². The number of aliphatic hydroxyl groups is 1. The number of nitrogens with zero attached hydrogens (tertiary/aromatic N) is 3. The highest BCUT2D eigenvalue weighted by molar-refractivity contribution is 7.99. The van der Waals surface area contributed by atoms with E-state index in [1.165, 1.54) is 0 Å². The van der Waals surface area contributed by atoms with E-state index < -0.39 is 0 Å². The van der Waals surface area contributed by atoms with Crippen molar-refractivity contribution in [2.45, 2.75) is 43.8 Å². The number of aromatic nitrogens is 3. The summed E-state index contributed by atoms with van der Waals surface area (Å²) in [6.45, 7) is 5.22. The molecule has 0 amide bonds. The van der Waals surface area contributed by atoms with Crippen molar-refractivity contribution < 1.29 is 5.11 Å². The van der Waals surface area contributed by atoms with E-state index in [1.54, 1.807) is 11.8 Å². The van der Waals surface area contributed by atoms with Crippen LogP contribution in [0.3, 0.4) is 0 Å². The lowest BCUT2D eigenvalue weighted by atomic mass is 9.96. The number of thioether (sulfide) groups is 1. The van der Waals surface area contributed by atoms with Crippen LogP contribution in [0.2, 0.25) is 0 Å². The monoisotopic (exact) mass is 308 g/mol. The third kappa shape index (κ3) is 4.43. The zero-order valence-corrected chi connectivity index (χ0v) is 13.6. The summed E-state index contributed by atoms with van der Waals surface area (Å²) in [4.78, 5) is 0. The van der Waals surface area contributed by atoms with E-state index in [4.69, 9.17) is 0 Å². The van der Waals surface area contributed by atoms with Crippen molar-refractivity contribution in [1.29, 1.82) is 0 Å². The molecule has 0 saturated carbocycles. The van der Waals surface area contributed by atoms with Gasteiger partial charge in [-0.15, -0.1) is 10.2 Å². The second-order valence-electron chi connectivity index (χ2n) is 5.47. The van der Waals surface area contributed by atoms with E-state index in [0.29, 0.717) is 0 Å². The molecule has 0 aromatic carbocycles. The van der Waals surface area contributed by atoms with Crippen molar-refractivity contribution in [1.82, 2.24) is 19.9 Å². The number of hydrogen-bond donors (Lipinski definition) is 2. The van der Waals surface area contributed by atoms with E-state index in [2.05, 4.69) is 29.4 Å². The standard InChI is InChI=1S/C15H24N4OS/c1-3-16-15(2,12-20)9-5-7-11-21-14-18-17-13-8-4-6-10-19(13)14/h4,6,8,10,16,20H,3,5,7,9,11-12H2,1-2H3. The Balaban J connectivity index is 1.75. The number of hydrogen-bond acceptors (Lipinski definition) is 5. The lowest BCUT2D eigenvalue weighted by Crippen LogP contribution is -2.45. The first-order chi connectivity index (χ1) is 10.2. The maximum Gasteiger partial charge on any atom is 0.195 e. The molecule has 1 unspecified atom stereocenters. The summed E-state index contributed by atoms with van der Waals surface area (Å²) >= 11 is 1.73. The first-order valence-corrected chi connectivity index (χ1v) is 8.45. The van der Waals surface area contributed by atoms with Crippen LogP contribution in [0.25, 0.3) is 5.65 Å². The Hall–Kier alpha value is -1.11. The largest absolute Gasteiger partial charge is 0.394 e. The van der Waals surface area contributed by atoms with E-state index in [-0.39, 0.29) is 12.1 Å². The minimum atomic E-state index is -0.152. The molecule has 21 heavy (non-hydrogen) atoms. The van der Waals surface area contributed by atoms with Crippen LogP contribution in [0.5, 0.6) is 0 Å². The van der Waals surface area contributed by atoms with Crippen LogP contribution in [0.1, 0.15) is 33.1 Å². The molecule has 0 fully saturated rings. The SMILES string of the molecule is CCNC(C)(CO)CCCCSc1nnc2ccccn12. The van der Waals surface area contributed by atoms with E-state index in [0.717, 1.165) is 42.4 Å². The number of fused-ring (bicyclic) bond motifs is 1. The van der Waals surface area contributed by atoms with Crippen LogP contribution in [-0.4, -0.2) is 44.1 Å². The normalized spacial score (nSPS) is 14.4. The predicted octanol–water partition coefficient (Wildman–Crippen LogP) is 2.35. The third-order valence-corrected chi connectivity index (χ3v) is 4.62. The summed E-state index contributed by atoms with van der Waals surface area (Å²) in [5.74, 6) is 1.02. The lowest BCUT2D eigenvalue weighted by Gasteiger charge is -2.28. The molecule has 0 aliphatic heterocycles. The predicted molar refractivity (Wildman–Crippen MR) is 86.7 cm³/mol. The van der Waals surface area contributed by atoms with Crippen LogP contribution < -0.4 is 5.32 Å². The Kier molecular flexibility index (Phi) is 6.02. The average molecular weight is 308 g/mol. The number of aliphatic hydroxyl groups excluding tert-OH is 1. The summed E-state index contributed by atoms with van der Waals surface area (Å²) in [6, 6.07) is 5.92. The van der Waals surface area contributed by atoms with Crippen molar-refractivity contribution in [3.63, 3.8) is 0 Å². The molecule has 116 valence electrons. The van der Waals surface area contributed by atoms with Gasteiger partial charge in [-0.05, 0) is 38.4 Å². The molecule has 0 saturated heterocycles. The zero-order valence-electron chi connectivity index (χ0n) is 12.7. The van der Waals surface area contributed by atoms with Gasteiger partial charge in [0.2, 0.25) is 0 Å². The van der Waals surface area contributed by atoms with Gasteiger partial charge in [-0.2, -0.15) is 0 Å². The second-order valence-corrected chi connectivity index (χ2v) is 6.53. The molecule has 2 heterocycles. The van der Waals surface area contributed by atoms with Crippen LogP contribution in [0.4, 0.5) is 0 Å². The van der Waals surface area contributed by atoms with Gasteiger partial charge in [-0.25, -0.2) is 0 Å². The van der Waals surface area contributed by atoms with Gasteiger partial charge in [0.25, 0.3) is 0 Å². The van der Waals surface area contributed by atoms with Gasteiger partial charge in [-0.3, -0.25) is 4.40 Å². The number of likely N-dealkylation sites (N-methyl/N-ethyl adjacent to an activating group) is 1. The molecule has 6 heteroatoms. The first kappa shape index (κ1) is 16.3. The lowest BCUT2D eigenvalue weighted by molar-refractivity contribution is 0.165. The quantitative estimate of drug-likeness (QED) is 0.550. The minimum Gasteiger partial charge on any atom is -0.394 e. The molecule has 2 rings (SSSR count). The molecule has 1 atom stereocenters. The molecular formula is C15H24N4OS. The van der Waals surface area contributed by atoms with Gasteiger partial charge in [0.1, 0.15) is 0 Å². The second kappa shape index (κ2) is 7.77. The fraction of sp³-hybridized carbons (Fsp3) is 0.600. The number of pyridine rings is 1. The minimum absolute atomic E-state index is 0.152. The molecule has 0 aliphatic carbocycles. The molecule has 2 aromatic rings. The fourth-order valence-corrected chi connectivity index (χ4v) is 3.27. The molecule has 2 N–H and O–H groups in total. The van der Waals surface area contributed by atoms with Gasteiger partial charge >= 0.3 is 0 Å². The highest BCUT2D eigenvalue weighted by Gasteiger charge is 2.20. The zero-order chi connectivity index (χ0) is 15.1. The average Bonchev–Trinajstić information content (AvgIpc) is 2.91. The molecule has 5 nitrogen and oxygen atoms in total. The maximum atomic E-state index is 9.45. The highest BCUT2D eigenvalue weighted by Crippen LogP contribution is 2.20. The van der Waals surface area contributed by atoms with Crippen molar-refractivity contribution in [2.24, 2.45) is 0 Å². The molecule has 0 radical (unpaired) electrons. The molecule has 0 spiro atoms. The van der Waals surface area contributed by atoms with Crippen molar-refractivity contribution in [3.8, 4) is 0 Å². The van der Waals surface area contributed by atoms with Crippen molar-refractivity contribution in [3.05, 3.63) is 24.4 Å². The Morgan fingerprint density at radius 1 is 1.33 bits per heavy atom. The van der Waals surface area contributed by atoms with Gasteiger partial charge < -0.3 is 10.4 Å². The molecule has 2 aromatic heterocycles. The van der Waals surface area contributed by atoms with Gasteiger partial charge in [-0.1, -0.05) is 31.2 Å². The summed E-state index contributed by atoms with van der Waals surface area (Å²) in [6.07, 6.45) is 5.17. The molecule has 0 aliphatic rings. The van der Waals surface area contributed by atoms with Gasteiger partial charge in [0, 0.05) is 17.5 Å². The third-order valence-electron chi connectivity index (χ3n) is 3.59. The van der Waals surface area contributed by atoms with Gasteiger partial charge in [0.05, 0.1) is 6.61 Å². The topological polar surface area (TPSA) is 62.5 Å². The van der Waals surface area contributed by atoms with E-state index in [9.17, 15) is 5.11 Å². The van der Waals surface area contributed by atoms with Crippen LogP contribution in [0, 0.1) is 0 Å². The van der Waals surface area contributed by atoms with Crippen LogP contribution >= 0.6 is 11.8 Å². The summed E-state index contributed by atoms with van der Waals surface area (Å²) in [5, 5.41) is 22.1. The molecule has 0 bridgehead atoms. The van der Waals surface area contributed by atoms with Gasteiger partial charge in [0.15, 0.2) is 10.8 Å². The summed E-state index contributed by atoms with van der Waals surface area (Å²) in [5.41, 5.74) is 0.737. The first-order valence-electron chi connectivity index (χ1n) is 7.47. The number of unbranched alkanes of at least 4 members (excludes halogenated alkanes) is 1. The Bertz CT molecular complexity index is 559. The highest BCUT2D eigenvalue weighted by atomic mass is 32.2. The molecular weight excluding hydrogens is 284 g/mol. The Morgan fingerprint density at radius 3 is 2.95 bits per heavy atom. The summed E-state index contributed by atoms with van der Waals surface area (Å²) < 4.78 is 2.02. The number of nitrogens with one attached hydrogen (secondary N) is 1. The van der Waals surface area contributed by atoms with Crippen LogP contribution in [-0.2, 0) is 0 Å². The van der Waals surface area contributed by atoms with Crippen molar-refractivity contribution in [2.75, 3.05) is 18.9 Å². The Morgan fingerprint density at radius 2 is 2.19 bits per heavy atom. The van der Waals surface area contributed by atoms with E-state index >= 15 is 0 Å². The van der Waals surface area contributed by atoms with Crippen LogP contribution in [0.15, 0.2) is 29.6 Å². The fourth-order valence-electron chi connectivity index (χ4n) is 2.35. The summed E-state index contributed by atoms with van der Waals surface area (Å²) in [7, 11) is 0. The number of rotatable bonds is 9. The smallest absolute Gasteiger partial charge is 0.195 e.